The Balaban J connectivity index is 2.27. The van der Waals surface area contributed by atoms with Gasteiger partial charge in [-0.15, -0.1) is 0 Å². The molecule has 0 unspecified atom stereocenters. The molecule has 3 nitrogen and oxygen atoms in total. The van der Waals surface area contributed by atoms with Gasteiger partial charge in [-0.3, -0.25) is 0 Å². The molecule has 0 spiro atoms. The summed E-state index contributed by atoms with van der Waals surface area (Å²) < 4.78 is 76.0. The van der Waals surface area contributed by atoms with E-state index in [1.54, 1.807) is 22.6 Å². The summed E-state index contributed by atoms with van der Waals surface area (Å²) in [5, 5.41) is 4.05. The van der Waals surface area contributed by atoms with Crippen LogP contribution < -0.4 is 0 Å². The number of aromatic nitrogens is 3. The van der Waals surface area contributed by atoms with Crippen molar-refractivity contribution in [2.75, 3.05) is 0 Å². The predicted molar refractivity (Wildman–Crippen MR) is 65.8 cm³/mol. The molecule has 0 radical (unpaired) electrons. The highest BCUT2D eigenvalue weighted by Crippen LogP contribution is 2.38. The average molecular weight is 409 g/mol. The number of pyridine rings is 1. The van der Waals surface area contributed by atoms with Crippen LogP contribution in [0.3, 0.4) is 0 Å². The van der Waals surface area contributed by atoms with Crippen molar-refractivity contribution in [3.05, 3.63) is 21.8 Å². The van der Waals surface area contributed by atoms with Gasteiger partial charge < -0.3 is 0 Å². The minimum atomic E-state index is -5.61. The number of hydrogen-bond acceptors (Lipinski definition) is 2. The quantitative estimate of drug-likeness (QED) is 0.571. The summed E-state index contributed by atoms with van der Waals surface area (Å²) in [5.74, 6) is -5.45. The van der Waals surface area contributed by atoms with E-state index in [-0.39, 0.29) is 14.7 Å². The Labute approximate surface area is 122 Å². The van der Waals surface area contributed by atoms with E-state index in [1.165, 1.54) is 0 Å². The van der Waals surface area contributed by atoms with Gasteiger partial charge in [-0.05, 0) is 28.7 Å². The van der Waals surface area contributed by atoms with Crippen LogP contribution in [0, 0.1) is 9.52 Å². The zero-order valence-electron chi connectivity index (χ0n) is 9.56. The molecular formula is C10H6F6IN3. The van der Waals surface area contributed by atoms with Crippen LogP contribution in [0.5, 0.6) is 0 Å². The maximum Gasteiger partial charge on any atom is 0.453 e. The van der Waals surface area contributed by atoms with Crippen molar-refractivity contribution in [3.8, 4) is 0 Å². The number of aryl methyl sites for hydroxylation is 1. The van der Waals surface area contributed by atoms with E-state index in [4.69, 9.17) is 0 Å². The topological polar surface area (TPSA) is 30.7 Å². The second-order valence-electron chi connectivity index (χ2n) is 3.99. The van der Waals surface area contributed by atoms with E-state index in [0.717, 1.165) is 16.9 Å². The molecule has 2 aromatic rings. The molecule has 0 aliphatic heterocycles. The molecule has 0 amide bonds. The monoisotopic (exact) mass is 409 g/mol. The summed E-state index contributed by atoms with van der Waals surface area (Å²) >= 11 is 1.72. The van der Waals surface area contributed by atoms with Crippen LogP contribution in [-0.4, -0.2) is 26.9 Å². The lowest BCUT2D eigenvalue weighted by Crippen LogP contribution is -2.37. The largest absolute Gasteiger partial charge is 0.453 e. The first-order chi connectivity index (χ1) is 9.12. The molecule has 0 aliphatic rings. The first-order valence-electron chi connectivity index (χ1n) is 5.24. The molecule has 0 N–H and O–H groups in total. The number of halogens is 7. The third-order valence-electron chi connectivity index (χ3n) is 2.56. The minimum absolute atomic E-state index is 0.0637. The first kappa shape index (κ1) is 15.3. The first-order valence-corrected chi connectivity index (χ1v) is 6.32. The van der Waals surface area contributed by atoms with Crippen molar-refractivity contribution in [3.63, 3.8) is 0 Å². The van der Waals surface area contributed by atoms with Crippen molar-refractivity contribution in [1.29, 1.82) is 0 Å². The predicted octanol–water partition coefficient (Wildman–Crippen LogP) is 3.76. The molecule has 2 heterocycles. The van der Waals surface area contributed by atoms with Gasteiger partial charge in [0.1, 0.15) is 9.52 Å². The molecule has 110 valence electrons. The zero-order valence-corrected chi connectivity index (χ0v) is 11.7. The summed E-state index contributed by atoms with van der Waals surface area (Å²) in [7, 11) is 0. The van der Waals surface area contributed by atoms with E-state index >= 15 is 0 Å². The summed E-state index contributed by atoms with van der Waals surface area (Å²) in [6, 6.07) is 1.09. The van der Waals surface area contributed by atoms with E-state index < -0.39 is 30.9 Å². The lowest BCUT2D eigenvalue weighted by molar-refractivity contribution is -0.285. The van der Waals surface area contributed by atoms with Gasteiger partial charge in [0, 0.05) is 13.0 Å². The number of nitrogens with zero attached hydrogens (tertiary/aromatic N) is 3. The van der Waals surface area contributed by atoms with E-state index in [2.05, 4.69) is 10.1 Å². The fourth-order valence-corrected chi connectivity index (χ4v) is 2.20. The second-order valence-corrected chi connectivity index (χ2v) is 5.01. The Hall–Kier alpha value is -1.07. The molecule has 0 aliphatic carbocycles. The molecule has 0 atom stereocenters. The molecule has 0 bridgehead atoms. The van der Waals surface area contributed by atoms with Crippen LogP contribution in [0.15, 0.2) is 12.3 Å². The molecule has 0 saturated carbocycles. The summed E-state index contributed by atoms with van der Waals surface area (Å²) in [5.41, 5.74) is 0.0637. The smallest absolute Gasteiger partial charge is 0.246 e. The van der Waals surface area contributed by atoms with Gasteiger partial charge in [-0.25, -0.2) is 14.1 Å². The maximum absolute atomic E-state index is 13.0. The summed E-state index contributed by atoms with van der Waals surface area (Å²) in [4.78, 5) is 3.66. The van der Waals surface area contributed by atoms with Gasteiger partial charge >= 0.3 is 12.1 Å². The van der Waals surface area contributed by atoms with Gasteiger partial charge in [0.15, 0.2) is 5.65 Å². The van der Waals surface area contributed by atoms with Crippen LogP contribution >= 0.6 is 22.6 Å². The summed E-state index contributed by atoms with van der Waals surface area (Å²) in [6.45, 7) is -0.676. The highest BCUT2D eigenvalue weighted by molar-refractivity contribution is 14.1. The Bertz CT molecular complexity index is 636. The van der Waals surface area contributed by atoms with E-state index in [9.17, 15) is 26.3 Å². The minimum Gasteiger partial charge on any atom is -0.246 e. The number of rotatable bonds is 3. The molecule has 10 heteroatoms. The van der Waals surface area contributed by atoms with Crippen molar-refractivity contribution in [2.45, 2.75) is 25.1 Å². The average Bonchev–Trinajstić information content (AvgIpc) is 2.62. The van der Waals surface area contributed by atoms with Gasteiger partial charge in [0.2, 0.25) is 0 Å². The van der Waals surface area contributed by atoms with Crippen molar-refractivity contribution < 1.29 is 26.3 Å². The van der Waals surface area contributed by atoms with Crippen LogP contribution in [-0.2, 0) is 6.54 Å². The fourth-order valence-electron chi connectivity index (χ4n) is 1.54. The molecule has 0 aromatic carbocycles. The SMILES string of the molecule is Fc1cnc2c(c1)c(I)nn2CCC(F)(F)C(F)(F)F. The molecule has 0 saturated heterocycles. The van der Waals surface area contributed by atoms with Gasteiger partial charge in [0.05, 0.1) is 11.6 Å². The Kier molecular flexibility index (Phi) is 3.86. The lowest BCUT2D eigenvalue weighted by atomic mass is 10.2. The lowest BCUT2D eigenvalue weighted by Gasteiger charge is -2.19. The molecule has 2 aromatic heterocycles. The van der Waals surface area contributed by atoms with Gasteiger partial charge in [-0.2, -0.15) is 27.1 Å². The number of fused-ring (bicyclic) bond motifs is 1. The Morgan fingerprint density at radius 2 is 1.85 bits per heavy atom. The second kappa shape index (κ2) is 5.04. The standard InChI is InChI=1S/C10H6F6IN3/c11-5-3-6-7(17)19-20(8(6)18-4-5)2-1-9(12,13)10(14,15)16/h3-4H,1-2H2. The Morgan fingerprint density at radius 3 is 2.45 bits per heavy atom. The molecule has 2 rings (SSSR count). The van der Waals surface area contributed by atoms with Gasteiger partial charge in [-0.1, -0.05) is 0 Å². The zero-order chi connectivity index (χ0) is 15.1. The fraction of sp³-hybridized carbons (Fsp3) is 0.400. The van der Waals surface area contributed by atoms with Gasteiger partial charge in [0.25, 0.3) is 0 Å². The van der Waals surface area contributed by atoms with Crippen molar-refractivity contribution >= 4 is 33.6 Å². The number of hydrogen-bond donors (Lipinski definition) is 0. The van der Waals surface area contributed by atoms with E-state index in [0.29, 0.717) is 0 Å². The highest BCUT2D eigenvalue weighted by Gasteiger charge is 2.56. The third kappa shape index (κ3) is 2.83. The van der Waals surface area contributed by atoms with Crippen molar-refractivity contribution in [2.24, 2.45) is 0 Å². The Morgan fingerprint density at radius 1 is 1.20 bits per heavy atom. The summed E-state index contributed by atoms with van der Waals surface area (Å²) in [6.07, 6.45) is -6.22. The van der Waals surface area contributed by atoms with Crippen molar-refractivity contribution in [1.82, 2.24) is 14.8 Å². The maximum atomic E-state index is 13.0. The molecule has 0 fully saturated rings. The molecular weight excluding hydrogens is 403 g/mol. The normalized spacial score (nSPS) is 13.2. The number of alkyl halides is 5. The van der Waals surface area contributed by atoms with Crippen LogP contribution in [0.2, 0.25) is 0 Å². The van der Waals surface area contributed by atoms with E-state index in [1.807, 2.05) is 0 Å². The van der Waals surface area contributed by atoms with Crippen LogP contribution in [0.1, 0.15) is 6.42 Å². The molecule has 20 heavy (non-hydrogen) atoms. The van der Waals surface area contributed by atoms with Crippen LogP contribution in [0.25, 0.3) is 11.0 Å². The van der Waals surface area contributed by atoms with Crippen LogP contribution in [0.4, 0.5) is 26.3 Å². The third-order valence-corrected chi connectivity index (χ3v) is 3.36. The highest BCUT2D eigenvalue weighted by atomic mass is 127.